The van der Waals surface area contributed by atoms with Crippen molar-refractivity contribution in [1.82, 2.24) is 0 Å². The van der Waals surface area contributed by atoms with Gasteiger partial charge in [-0.2, -0.15) is 13.2 Å². The zero-order valence-electron chi connectivity index (χ0n) is 14.3. The van der Waals surface area contributed by atoms with Gasteiger partial charge in [-0.1, -0.05) is 34.8 Å². The minimum absolute atomic E-state index is 0.0328. The average molecular weight is 492 g/mol. The van der Waals surface area contributed by atoms with Crippen LogP contribution in [-0.2, 0) is 14.8 Å². The Morgan fingerprint density at radius 2 is 1.55 bits per heavy atom. The Hall–Kier alpha value is -1.72. The summed E-state index contributed by atoms with van der Waals surface area (Å²) in [5, 5.41) is 11.1. The second kappa shape index (κ2) is 8.19. The number of hydrogen-bond donors (Lipinski definition) is 3. The summed E-state index contributed by atoms with van der Waals surface area (Å²) in [5.74, 6) is -1.78. The number of nitrogens with one attached hydrogen (secondary N) is 2. The third kappa shape index (κ3) is 5.26. The molecule has 1 amide bonds. The molecular formula is C16H12Cl3F3N2O4S. The number of rotatable bonds is 5. The lowest BCUT2D eigenvalue weighted by Crippen LogP contribution is -2.52. The third-order valence-corrected chi connectivity index (χ3v) is 5.89. The van der Waals surface area contributed by atoms with Crippen molar-refractivity contribution >= 4 is 62.1 Å². The first-order valence-electron chi connectivity index (χ1n) is 7.53. The molecule has 158 valence electrons. The number of carbonyl (C=O) groups is 1. The Morgan fingerprint density at radius 1 is 1.00 bits per heavy atom. The van der Waals surface area contributed by atoms with Crippen molar-refractivity contribution in [3.63, 3.8) is 0 Å². The molecule has 1 atom stereocenters. The molecule has 3 N–H and O–H groups in total. The highest BCUT2D eigenvalue weighted by Gasteiger charge is 2.55. The summed E-state index contributed by atoms with van der Waals surface area (Å²) in [6, 6.07) is 6.94. The van der Waals surface area contributed by atoms with E-state index < -0.39 is 27.7 Å². The highest BCUT2D eigenvalue weighted by atomic mass is 35.5. The minimum atomic E-state index is -5.23. The van der Waals surface area contributed by atoms with Crippen LogP contribution in [0.25, 0.3) is 0 Å². The van der Waals surface area contributed by atoms with E-state index in [0.29, 0.717) is 0 Å². The predicted molar refractivity (Wildman–Crippen MR) is 104 cm³/mol. The first kappa shape index (κ1) is 23.6. The third-order valence-electron chi connectivity index (χ3n) is 3.67. The van der Waals surface area contributed by atoms with E-state index in [-0.39, 0.29) is 38.3 Å². The van der Waals surface area contributed by atoms with Crippen molar-refractivity contribution in [2.24, 2.45) is 0 Å². The zero-order chi connectivity index (χ0) is 22.2. The Morgan fingerprint density at radius 3 is 2.07 bits per heavy atom. The van der Waals surface area contributed by atoms with Gasteiger partial charge in [0.2, 0.25) is 5.60 Å². The fourth-order valence-electron chi connectivity index (χ4n) is 1.91. The fourth-order valence-corrected chi connectivity index (χ4v) is 3.82. The number of halogens is 6. The summed E-state index contributed by atoms with van der Waals surface area (Å²) in [6.07, 6.45) is -5.23. The SMILES string of the molecule is CC(O)(C(=O)Nc1ccc(S(=O)(=O)Nc2ccc(Cl)cc2Cl)cc1Cl)C(F)(F)F. The molecule has 0 spiro atoms. The molecule has 2 aromatic carbocycles. The summed E-state index contributed by atoms with van der Waals surface area (Å²) >= 11 is 17.5. The van der Waals surface area contributed by atoms with Crippen LogP contribution in [0.3, 0.4) is 0 Å². The topological polar surface area (TPSA) is 95.5 Å². The Balaban J connectivity index is 2.27. The zero-order valence-corrected chi connectivity index (χ0v) is 17.4. The lowest BCUT2D eigenvalue weighted by molar-refractivity contribution is -0.242. The molecule has 0 aromatic heterocycles. The van der Waals surface area contributed by atoms with Crippen molar-refractivity contribution in [2.75, 3.05) is 10.0 Å². The maximum absolute atomic E-state index is 12.7. The summed E-state index contributed by atoms with van der Waals surface area (Å²) < 4.78 is 65.3. The molecular weight excluding hydrogens is 480 g/mol. The van der Waals surface area contributed by atoms with Gasteiger partial charge in [0.15, 0.2) is 0 Å². The van der Waals surface area contributed by atoms with E-state index in [1.807, 2.05) is 5.32 Å². The molecule has 2 aromatic rings. The van der Waals surface area contributed by atoms with Gasteiger partial charge in [-0.05, 0) is 43.3 Å². The molecule has 0 fully saturated rings. The number of aliphatic hydroxyl groups is 1. The number of carbonyl (C=O) groups excluding carboxylic acids is 1. The lowest BCUT2D eigenvalue weighted by atomic mass is 10.1. The average Bonchev–Trinajstić information content (AvgIpc) is 2.58. The van der Waals surface area contributed by atoms with Gasteiger partial charge in [-0.3, -0.25) is 9.52 Å². The van der Waals surface area contributed by atoms with Crippen LogP contribution >= 0.6 is 34.8 Å². The first-order valence-corrected chi connectivity index (χ1v) is 10.1. The van der Waals surface area contributed by atoms with Crippen LogP contribution in [0.5, 0.6) is 0 Å². The maximum atomic E-state index is 12.7. The van der Waals surface area contributed by atoms with Crippen LogP contribution in [0.1, 0.15) is 6.92 Å². The summed E-state index contributed by atoms with van der Waals surface area (Å²) in [4.78, 5) is 11.4. The molecule has 0 saturated heterocycles. The van der Waals surface area contributed by atoms with Crippen molar-refractivity contribution < 1.29 is 31.5 Å². The molecule has 0 aliphatic rings. The van der Waals surface area contributed by atoms with Crippen molar-refractivity contribution in [2.45, 2.75) is 23.6 Å². The van der Waals surface area contributed by atoms with E-state index in [2.05, 4.69) is 4.72 Å². The molecule has 0 aliphatic carbocycles. The molecule has 1 unspecified atom stereocenters. The lowest BCUT2D eigenvalue weighted by Gasteiger charge is -2.25. The molecule has 0 saturated carbocycles. The monoisotopic (exact) mass is 490 g/mol. The minimum Gasteiger partial charge on any atom is -0.373 e. The van der Waals surface area contributed by atoms with Gasteiger partial charge in [-0.15, -0.1) is 0 Å². The van der Waals surface area contributed by atoms with E-state index in [1.54, 1.807) is 0 Å². The molecule has 0 bridgehead atoms. The second-order valence-electron chi connectivity index (χ2n) is 5.90. The van der Waals surface area contributed by atoms with Gasteiger partial charge in [-0.25, -0.2) is 8.42 Å². The van der Waals surface area contributed by atoms with Gasteiger partial charge in [0.25, 0.3) is 15.9 Å². The number of anilines is 2. The van der Waals surface area contributed by atoms with E-state index in [0.717, 1.165) is 18.2 Å². The highest BCUT2D eigenvalue weighted by Crippen LogP contribution is 2.33. The maximum Gasteiger partial charge on any atom is 0.426 e. The van der Waals surface area contributed by atoms with Gasteiger partial charge in [0.05, 0.1) is 26.3 Å². The van der Waals surface area contributed by atoms with E-state index in [4.69, 9.17) is 34.8 Å². The van der Waals surface area contributed by atoms with Crippen LogP contribution < -0.4 is 10.0 Å². The normalized spacial score (nSPS) is 14.2. The number of alkyl halides is 3. The number of sulfonamides is 1. The first-order chi connectivity index (χ1) is 13.1. The molecule has 0 heterocycles. The molecule has 13 heteroatoms. The van der Waals surface area contributed by atoms with Gasteiger partial charge in [0, 0.05) is 5.02 Å². The largest absolute Gasteiger partial charge is 0.426 e. The fraction of sp³-hybridized carbons (Fsp3) is 0.188. The van der Waals surface area contributed by atoms with Crippen molar-refractivity contribution in [1.29, 1.82) is 0 Å². The van der Waals surface area contributed by atoms with Crippen LogP contribution in [0, 0.1) is 0 Å². The molecule has 0 radical (unpaired) electrons. The standard InChI is InChI=1S/C16H12Cl3F3N2O4S/c1-15(26,16(20,21)22)14(25)23-12-5-3-9(7-11(12)19)29(27,28)24-13-4-2-8(17)6-10(13)18/h2-7,24,26H,1H3,(H,23,25). The van der Waals surface area contributed by atoms with E-state index >= 15 is 0 Å². The van der Waals surface area contributed by atoms with Crippen LogP contribution in [0.15, 0.2) is 41.3 Å². The van der Waals surface area contributed by atoms with Crippen molar-refractivity contribution in [3.05, 3.63) is 51.5 Å². The van der Waals surface area contributed by atoms with E-state index in [1.165, 1.54) is 18.2 Å². The molecule has 6 nitrogen and oxygen atoms in total. The number of amides is 1. The van der Waals surface area contributed by atoms with Gasteiger partial charge in [0.1, 0.15) is 0 Å². The van der Waals surface area contributed by atoms with Gasteiger partial charge < -0.3 is 10.4 Å². The van der Waals surface area contributed by atoms with Crippen molar-refractivity contribution in [3.8, 4) is 0 Å². The molecule has 2 rings (SSSR count). The molecule has 29 heavy (non-hydrogen) atoms. The van der Waals surface area contributed by atoms with Gasteiger partial charge >= 0.3 is 6.18 Å². The quantitative estimate of drug-likeness (QED) is 0.565. The van der Waals surface area contributed by atoms with Crippen LogP contribution in [0.4, 0.5) is 24.5 Å². The Kier molecular flexibility index (Phi) is 6.65. The Labute approximate surface area is 178 Å². The summed E-state index contributed by atoms with van der Waals surface area (Å²) in [6.45, 7) is 0.273. The van der Waals surface area contributed by atoms with Crippen LogP contribution in [0.2, 0.25) is 15.1 Å². The summed E-state index contributed by atoms with van der Waals surface area (Å²) in [5.41, 5.74) is -3.97. The highest BCUT2D eigenvalue weighted by molar-refractivity contribution is 7.92. The van der Waals surface area contributed by atoms with Crippen LogP contribution in [-0.4, -0.2) is 31.2 Å². The smallest absolute Gasteiger partial charge is 0.373 e. The molecule has 0 aliphatic heterocycles. The number of benzene rings is 2. The second-order valence-corrected chi connectivity index (χ2v) is 8.83. The Bertz CT molecular complexity index is 1060. The predicted octanol–water partition coefficient (Wildman–Crippen LogP) is 4.70. The van der Waals surface area contributed by atoms with E-state index in [9.17, 15) is 31.5 Å². The summed E-state index contributed by atoms with van der Waals surface area (Å²) in [7, 11) is -4.17. The number of hydrogen-bond acceptors (Lipinski definition) is 4.